The summed E-state index contributed by atoms with van der Waals surface area (Å²) in [5, 5.41) is 0. The second-order valence-corrected chi connectivity index (χ2v) is 6.92. The molecule has 0 radical (unpaired) electrons. The van der Waals surface area contributed by atoms with Crippen LogP contribution in [0.5, 0.6) is 0 Å². The van der Waals surface area contributed by atoms with Crippen LogP contribution in [0.15, 0.2) is 24.3 Å². The maximum Gasteiger partial charge on any atom is 0.236 e. The van der Waals surface area contributed by atoms with Crippen molar-refractivity contribution < 1.29 is 4.79 Å². The highest BCUT2D eigenvalue weighted by molar-refractivity contribution is 5.78. The Morgan fingerprint density at radius 3 is 2.26 bits per heavy atom. The Kier molecular flexibility index (Phi) is 5.68. The lowest BCUT2D eigenvalue weighted by Gasteiger charge is -2.36. The minimum atomic E-state index is 0.331. The quantitative estimate of drug-likeness (QED) is 0.851. The van der Waals surface area contributed by atoms with Crippen LogP contribution in [-0.2, 0) is 11.3 Å². The number of carbonyl (C=O) groups excluding carboxylic acids is 1. The topological polar surface area (TPSA) is 26.8 Å². The zero-order chi connectivity index (χ0) is 16.1. The van der Waals surface area contributed by atoms with Gasteiger partial charge in [-0.25, -0.2) is 0 Å². The first-order chi connectivity index (χ1) is 11.2. The van der Waals surface area contributed by atoms with E-state index in [-0.39, 0.29) is 0 Å². The van der Waals surface area contributed by atoms with E-state index in [4.69, 9.17) is 0 Å². The van der Waals surface area contributed by atoms with E-state index < -0.39 is 0 Å². The Morgan fingerprint density at radius 1 is 0.913 bits per heavy atom. The molecule has 0 unspecified atom stereocenters. The van der Waals surface area contributed by atoms with Gasteiger partial charge in [-0.1, -0.05) is 24.3 Å². The fraction of sp³-hybridized carbons (Fsp3) is 0.632. The highest BCUT2D eigenvalue weighted by atomic mass is 16.2. The maximum absolute atomic E-state index is 12.4. The summed E-state index contributed by atoms with van der Waals surface area (Å²) in [4.78, 5) is 19.2. The van der Waals surface area contributed by atoms with Gasteiger partial charge in [-0.3, -0.25) is 14.6 Å². The molecular formula is C19H29N3O. The van der Waals surface area contributed by atoms with Crippen molar-refractivity contribution in [2.45, 2.75) is 32.7 Å². The van der Waals surface area contributed by atoms with Gasteiger partial charge in [-0.05, 0) is 37.3 Å². The molecule has 0 saturated carbocycles. The Hall–Kier alpha value is -1.39. The Bertz CT molecular complexity index is 517. The van der Waals surface area contributed by atoms with Crippen LogP contribution in [0.4, 0.5) is 0 Å². The van der Waals surface area contributed by atoms with Crippen molar-refractivity contribution >= 4 is 5.91 Å². The molecule has 0 spiro atoms. The molecule has 2 heterocycles. The van der Waals surface area contributed by atoms with E-state index in [2.05, 4.69) is 45.9 Å². The SMILES string of the molecule is Cc1ccccc1CN1CCN(CC(=O)N2CCCCC2)CC1. The van der Waals surface area contributed by atoms with E-state index in [1.165, 1.54) is 30.4 Å². The molecule has 4 heteroatoms. The highest BCUT2D eigenvalue weighted by Gasteiger charge is 2.22. The minimum Gasteiger partial charge on any atom is -0.342 e. The third kappa shape index (κ3) is 4.55. The van der Waals surface area contributed by atoms with Gasteiger partial charge in [-0.15, -0.1) is 0 Å². The van der Waals surface area contributed by atoms with Crippen LogP contribution in [0, 0.1) is 6.92 Å². The molecule has 0 bridgehead atoms. The van der Waals surface area contributed by atoms with Gasteiger partial charge >= 0.3 is 0 Å². The number of carbonyl (C=O) groups is 1. The number of benzene rings is 1. The number of piperidine rings is 1. The molecule has 0 atom stereocenters. The van der Waals surface area contributed by atoms with Gasteiger partial charge in [0.25, 0.3) is 0 Å². The molecule has 1 aromatic carbocycles. The van der Waals surface area contributed by atoms with Gasteiger partial charge < -0.3 is 4.90 Å². The number of aryl methyl sites for hydroxylation is 1. The van der Waals surface area contributed by atoms with Crippen molar-refractivity contribution in [3.05, 3.63) is 35.4 Å². The highest BCUT2D eigenvalue weighted by Crippen LogP contribution is 2.13. The molecule has 0 N–H and O–H groups in total. The molecule has 2 saturated heterocycles. The van der Waals surface area contributed by atoms with Gasteiger partial charge in [-0.2, -0.15) is 0 Å². The summed E-state index contributed by atoms with van der Waals surface area (Å²) in [6, 6.07) is 8.63. The first-order valence-corrected chi connectivity index (χ1v) is 8.99. The summed E-state index contributed by atoms with van der Waals surface area (Å²) in [6.07, 6.45) is 3.63. The molecule has 0 aliphatic carbocycles. The monoisotopic (exact) mass is 315 g/mol. The summed E-state index contributed by atoms with van der Waals surface area (Å²) < 4.78 is 0. The number of hydrogen-bond acceptors (Lipinski definition) is 3. The van der Waals surface area contributed by atoms with Gasteiger partial charge in [0.2, 0.25) is 5.91 Å². The third-order valence-corrected chi connectivity index (χ3v) is 5.19. The first-order valence-electron chi connectivity index (χ1n) is 8.99. The largest absolute Gasteiger partial charge is 0.342 e. The van der Waals surface area contributed by atoms with Crippen molar-refractivity contribution in [3.63, 3.8) is 0 Å². The van der Waals surface area contributed by atoms with E-state index in [0.717, 1.165) is 45.8 Å². The van der Waals surface area contributed by atoms with Crippen LogP contribution >= 0.6 is 0 Å². The predicted molar refractivity (Wildman–Crippen MR) is 93.3 cm³/mol. The van der Waals surface area contributed by atoms with Crippen molar-refractivity contribution in [2.24, 2.45) is 0 Å². The smallest absolute Gasteiger partial charge is 0.236 e. The molecule has 23 heavy (non-hydrogen) atoms. The molecule has 1 amide bonds. The number of nitrogens with zero attached hydrogens (tertiary/aromatic N) is 3. The standard InChI is InChI=1S/C19H29N3O/c1-17-7-3-4-8-18(17)15-20-11-13-21(14-12-20)16-19(23)22-9-5-2-6-10-22/h3-4,7-8H,2,5-6,9-16H2,1H3. The van der Waals surface area contributed by atoms with Crippen molar-refractivity contribution in [2.75, 3.05) is 45.8 Å². The van der Waals surface area contributed by atoms with Crippen LogP contribution < -0.4 is 0 Å². The van der Waals surface area contributed by atoms with E-state index >= 15 is 0 Å². The van der Waals surface area contributed by atoms with Gasteiger partial charge in [0.05, 0.1) is 6.54 Å². The summed E-state index contributed by atoms with van der Waals surface area (Å²) in [7, 11) is 0. The molecular weight excluding hydrogens is 286 g/mol. The summed E-state index contributed by atoms with van der Waals surface area (Å²) in [6.45, 7) is 9.87. The van der Waals surface area contributed by atoms with Crippen molar-refractivity contribution in [1.29, 1.82) is 0 Å². The fourth-order valence-electron chi connectivity index (χ4n) is 3.57. The fourth-order valence-corrected chi connectivity index (χ4v) is 3.57. The van der Waals surface area contributed by atoms with E-state index in [1.54, 1.807) is 0 Å². The number of amides is 1. The summed E-state index contributed by atoms with van der Waals surface area (Å²) in [5.74, 6) is 0.331. The lowest BCUT2D eigenvalue weighted by atomic mass is 10.1. The van der Waals surface area contributed by atoms with E-state index in [9.17, 15) is 4.79 Å². The average Bonchev–Trinajstić information content (AvgIpc) is 2.59. The van der Waals surface area contributed by atoms with Crippen molar-refractivity contribution in [1.82, 2.24) is 14.7 Å². The summed E-state index contributed by atoms with van der Waals surface area (Å²) in [5.41, 5.74) is 2.79. The summed E-state index contributed by atoms with van der Waals surface area (Å²) >= 11 is 0. The van der Waals surface area contributed by atoms with Crippen LogP contribution in [0.3, 0.4) is 0 Å². The van der Waals surface area contributed by atoms with Crippen LogP contribution in [-0.4, -0.2) is 66.4 Å². The van der Waals surface area contributed by atoms with Crippen LogP contribution in [0.1, 0.15) is 30.4 Å². The molecule has 2 fully saturated rings. The molecule has 2 aliphatic heterocycles. The van der Waals surface area contributed by atoms with Crippen LogP contribution in [0.25, 0.3) is 0 Å². The zero-order valence-electron chi connectivity index (χ0n) is 14.3. The Labute approximate surface area is 140 Å². The predicted octanol–water partition coefficient (Wildman–Crippen LogP) is 2.13. The third-order valence-electron chi connectivity index (χ3n) is 5.19. The van der Waals surface area contributed by atoms with E-state index in [0.29, 0.717) is 12.5 Å². The lowest BCUT2D eigenvalue weighted by Crippen LogP contribution is -2.50. The molecule has 4 nitrogen and oxygen atoms in total. The van der Waals surface area contributed by atoms with E-state index in [1.807, 2.05) is 0 Å². The minimum absolute atomic E-state index is 0.331. The number of piperazine rings is 1. The van der Waals surface area contributed by atoms with Crippen LogP contribution in [0.2, 0.25) is 0 Å². The number of likely N-dealkylation sites (tertiary alicyclic amines) is 1. The Morgan fingerprint density at radius 2 is 1.57 bits per heavy atom. The number of rotatable bonds is 4. The zero-order valence-corrected chi connectivity index (χ0v) is 14.3. The molecule has 126 valence electrons. The molecule has 2 aliphatic rings. The average molecular weight is 315 g/mol. The van der Waals surface area contributed by atoms with Gasteiger partial charge in [0.15, 0.2) is 0 Å². The van der Waals surface area contributed by atoms with Gasteiger partial charge in [0, 0.05) is 45.8 Å². The molecule has 3 rings (SSSR count). The van der Waals surface area contributed by atoms with Crippen molar-refractivity contribution in [3.8, 4) is 0 Å². The Balaban J connectivity index is 1.43. The molecule has 0 aromatic heterocycles. The maximum atomic E-state index is 12.4. The lowest BCUT2D eigenvalue weighted by molar-refractivity contribution is -0.133. The number of hydrogen-bond donors (Lipinski definition) is 0. The normalized spacial score (nSPS) is 20.7. The molecule has 1 aromatic rings. The first kappa shape index (κ1) is 16.5. The second kappa shape index (κ2) is 7.93. The van der Waals surface area contributed by atoms with Gasteiger partial charge in [0.1, 0.15) is 0 Å². The second-order valence-electron chi connectivity index (χ2n) is 6.92.